The fourth-order valence-corrected chi connectivity index (χ4v) is 12.7. The molecule has 0 saturated heterocycles. The van der Waals surface area contributed by atoms with Crippen LogP contribution in [0.3, 0.4) is 0 Å². The average molecular weight is 1390 g/mol. The number of phosphoric acid groups is 2. The third kappa shape index (κ3) is 69.8. The zero-order valence-electron chi connectivity index (χ0n) is 61.5. The molecule has 0 aliphatic rings. The number of carbonyl (C=O) groups excluding carboxylic acids is 4. The quantitative estimate of drug-likeness (QED) is 0.0169. The number of allylic oxidation sites excluding steroid dienone is 4. The number of hydrogen-bond acceptors (Lipinski definition) is 15. The summed E-state index contributed by atoms with van der Waals surface area (Å²) in [6.45, 7) is 9.44. The fraction of sp³-hybridized carbons (Fsp3) is 0.895. The second-order valence-corrected chi connectivity index (χ2v) is 30.6. The third-order valence-corrected chi connectivity index (χ3v) is 19.0. The second kappa shape index (κ2) is 67.4. The SMILES string of the molecule is CCCCCC/C=C\C=C/CCCCCCCC(=O)OC[C@H](COP(=O)(O)OC[C@@H](O)COP(=O)(O)OC[C@@H](COC(=O)CCCCCCCCCC(C)C)OC(=O)CCCCCCCCCCCC(C)C)OC(=O)CCCCCCCCCCCCCCCCCCCC. The topological polar surface area (TPSA) is 237 Å². The second-order valence-electron chi connectivity index (χ2n) is 27.7. The molecule has 560 valence electrons. The predicted molar refractivity (Wildman–Crippen MR) is 386 cm³/mol. The van der Waals surface area contributed by atoms with Crippen LogP contribution < -0.4 is 0 Å². The van der Waals surface area contributed by atoms with Crippen LogP contribution in [0.4, 0.5) is 0 Å². The normalized spacial score (nSPS) is 14.2. The minimum atomic E-state index is -4.96. The van der Waals surface area contributed by atoms with E-state index in [1.165, 1.54) is 161 Å². The van der Waals surface area contributed by atoms with Crippen LogP contribution in [-0.4, -0.2) is 96.7 Å². The standard InChI is InChI=1S/C76H144O17P2/c1-7-9-11-13-15-17-19-21-23-24-25-27-29-31-35-41-48-54-60-75(80)92-71(64-86-73(78)58-52-46-40-34-30-28-26-22-20-18-16-14-12-10-8-2)66-90-94(82,83)88-62-70(77)63-89-95(84,85)91-67-72(65-87-74(79)59-53-47-43-37-39-45-51-57-69(5)6)93-76(81)61-55-49-42-36-32-33-38-44-50-56-68(3)4/h18,20,22,26,68-72,77H,7-17,19,21,23-25,27-67H2,1-6H3,(H,82,83)(H,84,85)/b20-18-,26-22-/t70-,71-,72-/m1/s1. The zero-order chi connectivity index (χ0) is 70.0. The van der Waals surface area contributed by atoms with E-state index in [0.717, 1.165) is 121 Å². The van der Waals surface area contributed by atoms with Gasteiger partial charge in [-0.25, -0.2) is 9.13 Å². The molecule has 0 aliphatic carbocycles. The maximum Gasteiger partial charge on any atom is 0.472 e. The van der Waals surface area contributed by atoms with E-state index >= 15 is 0 Å². The van der Waals surface area contributed by atoms with Crippen molar-refractivity contribution in [3.05, 3.63) is 24.3 Å². The van der Waals surface area contributed by atoms with Crippen LogP contribution in [0.5, 0.6) is 0 Å². The van der Waals surface area contributed by atoms with Crippen molar-refractivity contribution in [2.75, 3.05) is 39.6 Å². The van der Waals surface area contributed by atoms with Gasteiger partial charge in [0.05, 0.1) is 26.4 Å². The summed E-state index contributed by atoms with van der Waals surface area (Å²) >= 11 is 0. The summed E-state index contributed by atoms with van der Waals surface area (Å²) in [7, 11) is -9.92. The Morgan fingerprint density at radius 1 is 0.326 bits per heavy atom. The lowest BCUT2D eigenvalue weighted by Gasteiger charge is -2.21. The van der Waals surface area contributed by atoms with Crippen LogP contribution in [0.25, 0.3) is 0 Å². The molecule has 0 rings (SSSR count). The highest BCUT2D eigenvalue weighted by atomic mass is 31.2. The predicted octanol–water partition coefficient (Wildman–Crippen LogP) is 21.9. The third-order valence-electron chi connectivity index (χ3n) is 17.1. The monoisotopic (exact) mass is 1390 g/mol. The number of ether oxygens (including phenoxy) is 4. The van der Waals surface area contributed by atoms with Crippen LogP contribution >= 0.6 is 15.6 Å². The molecule has 0 aromatic heterocycles. The number of phosphoric ester groups is 2. The summed E-state index contributed by atoms with van der Waals surface area (Å²) in [5.41, 5.74) is 0. The highest BCUT2D eigenvalue weighted by Crippen LogP contribution is 2.45. The van der Waals surface area contributed by atoms with Crippen molar-refractivity contribution in [1.29, 1.82) is 0 Å². The maximum absolute atomic E-state index is 13.1. The summed E-state index contributed by atoms with van der Waals surface area (Å²) in [4.78, 5) is 72.8. The Morgan fingerprint density at radius 3 is 0.863 bits per heavy atom. The average Bonchev–Trinajstić information content (AvgIpc) is 2.75. The molecule has 5 atom stereocenters. The molecule has 95 heavy (non-hydrogen) atoms. The van der Waals surface area contributed by atoms with Gasteiger partial charge in [-0.1, -0.05) is 316 Å². The van der Waals surface area contributed by atoms with Crippen LogP contribution in [0.1, 0.15) is 369 Å². The molecular weight excluding hydrogens is 1250 g/mol. The van der Waals surface area contributed by atoms with E-state index < -0.39 is 97.5 Å². The van der Waals surface area contributed by atoms with Gasteiger partial charge in [0.15, 0.2) is 12.2 Å². The summed E-state index contributed by atoms with van der Waals surface area (Å²) < 4.78 is 68.5. The molecule has 3 N–H and O–H groups in total. The van der Waals surface area contributed by atoms with E-state index in [4.69, 9.17) is 37.0 Å². The molecule has 0 aliphatic heterocycles. The van der Waals surface area contributed by atoms with E-state index in [-0.39, 0.29) is 25.7 Å². The van der Waals surface area contributed by atoms with Crippen molar-refractivity contribution < 1.29 is 80.2 Å². The summed E-state index contributed by atoms with van der Waals surface area (Å²) in [6, 6.07) is 0. The summed E-state index contributed by atoms with van der Waals surface area (Å²) in [5.74, 6) is -0.710. The first-order valence-corrected chi connectivity index (χ1v) is 41.8. The first-order valence-electron chi connectivity index (χ1n) is 38.8. The molecular formula is C76H144O17P2. The molecule has 0 bridgehead atoms. The molecule has 0 fully saturated rings. The molecule has 0 heterocycles. The van der Waals surface area contributed by atoms with E-state index in [0.29, 0.717) is 31.6 Å². The first kappa shape index (κ1) is 92.5. The Morgan fingerprint density at radius 2 is 0.568 bits per heavy atom. The lowest BCUT2D eigenvalue weighted by molar-refractivity contribution is -0.161. The van der Waals surface area contributed by atoms with E-state index in [1.807, 2.05) is 0 Å². The van der Waals surface area contributed by atoms with E-state index in [9.17, 15) is 43.2 Å². The van der Waals surface area contributed by atoms with Crippen LogP contribution in [0.15, 0.2) is 24.3 Å². The molecule has 0 aromatic carbocycles. The first-order chi connectivity index (χ1) is 45.9. The summed E-state index contributed by atoms with van der Waals surface area (Å²) in [5, 5.41) is 10.6. The van der Waals surface area contributed by atoms with Crippen molar-refractivity contribution in [1.82, 2.24) is 0 Å². The van der Waals surface area contributed by atoms with Gasteiger partial charge in [-0.2, -0.15) is 0 Å². The number of rotatable bonds is 73. The largest absolute Gasteiger partial charge is 0.472 e. The van der Waals surface area contributed by atoms with Crippen LogP contribution in [0.2, 0.25) is 0 Å². The fourth-order valence-electron chi connectivity index (χ4n) is 11.1. The van der Waals surface area contributed by atoms with Crippen molar-refractivity contribution >= 4 is 39.5 Å². The highest BCUT2D eigenvalue weighted by Gasteiger charge is 2.30. The Bertz CT molecular complexity index is 1930. The molecule has 2 unspecified atom stereocenters. The molecule has 0 spiro atoms. The van der Waals surface area contributed by atoms with E-state index in [2.05, 4.69) is 65.8 Å². The smallest absolute Gasteiger partial charge is 0.462 e. The Balaban J connectivity index is 5.27. The van der Waals surface area contributed by atoms with Gasteiger partial charge in [-0.15, -0.1) is 0 Å². The molecule has 17 nitrogen and oxygen atoms in total. The van der Waals surface area contributed by atoms with Gasteiger partial charge in [-0.05, 0) is 63.2 Å². The molecule has 0 saturated carbocycles. The molecule has 19 heteroatoms. The number of aliphatic hydroxyl groups is 1. The Kier molecular flexibility index (Phi) is 65.6. The minimum Gasteiger partial charge on any atom is -0.462 e. The lowest BCUT2D eigenvalue weighted by Crippen LogP contribution is -2.30. The zero-order valence-corrected chi connectivity index (χ0v) is 63.2. The van der Waals surface area contributed by atoms with Gasteiger partial charge in [0.2, 0.25) is 0 Å². The number of carbonyl (C=O) groups is 4. The molecule has 0 amide bonds. The molecule has 0 aromatic rings. The minimum absolute atomic E-state index is 0.101. The lowest BCUT2D eigenvalue weighted by atomic mass is 10.0. The summed E-state index contributed by atoms with van der Waals surface area (Å²) in [6.07, 6.45) is 57.8. The van der Waals surface area contributed by atoms with Crippen molar-refractivity contribution in [2.45, 2.75) is 387 Å². The Hall–Kier alpha value is -2.46. The van der Waals surface area contributed by atoms with Gasteiger partial charge in [0.1, 0.15) is 19.3 Å². The van der Waals surface area contributed by atoms with Crippen molar-refractivity contribution in [3.8, 4) is 0 Å². The number of aliphatic hydroxyl groups excluding tert-OH is 1. The van der Waals surface area contributed by atoms with Gasteiger partial charge in [0, 0.05) is 25.7 Å². The van der Waals surface area contributed by atoms with E-state index in [1.54, 1.807) is 0 Å². The Labute approximate surface area is 580 Å². The van der Waals surface area contributed by atoms with Crippen LogP contribution in [0, 0.1) is 11.8 Å². The highest BCUT2D eigenvalue weighted by molar-refractivity contribution is 7.47. The van der Waals surface area contributed by atoms with Gasteiger partial charge < -0.3 is 33.8 Å². The van der Waals surface area contributed by atoms with Crippen molar-refractivity contribution in [3.63, 3.8) is 0 Å². The number of esters is 4. The number of unbranched alkanes of at least 4 members (excludes halogenated alkanes) is 40. The molecule has 0 radical (unpaired) electrons. The maximum atomic E-state index is 13.1. The number of hydrogen-bond donors (Lipinski definition) is 3. The van der Waals surface area contributed by atoms with Gasteiger partial charge in [0.25, 0.3) is 0 Å². The van der Waals surface area contributed by atoms with Gasteiger partial charge >= 0.3 is 39.5 Å². The van der Waals surface area contributed by atoms with Gasteiger partial charge in [-0.3, -0.25) is 37.3 Å². The van der Waals surface area contributed by atoms with Crippen LogP contribution in [-0.2, 0) is 65.4 Å². The van der Waals surface area contributed by atoms with Crippen molar-refractivity contribution in [2.24, 2.45) is 11.8 Å².